The summed E-state index contributed by atoms with van der Waals surface area (Å²) in [6, 6.07) is 11.1. The van der Waals surface area contributed by atoms with E-state index in [0.717, 1.165) is 5.69 Å². The van der Waals surface area contributed by atoms with Gasteiger partial charge in [-0.3, -0.25) is 14.3 Å². The maximum absolute atomic E-state index is 12.1. The minimum absolute atomic E-state index is 0.0562. The quantitative estimate of drug-likeness (QED) is 0.673. The highest BCUT2D eigenvalue weighted by atomic mass is 35.5. The summed E-state index contributed by atoms with van der Waals surface area (Å²) >= 11 is 5.87. The van der Waals surface area contributed by atoms with Crippen molar-refractivity contribution in [1.29, 1.82) is 0 Å². The molecule has 0 aliphatic carbocycles. The molecule has 0 amide bonds. The van der Waals surface area contributed by atoms with Crippen LogP contribution < -0.4 is 5.56 Å². The molecule has 1 aromatic carbocycles. The predicted molar refractivity (Wildman–Crippen MR) is 70.1 cm³/mol. The number of fused-ring (bicyclic) bond motifs is 1. The van der Waals surface area contributed by atoms with Crippen LogP contribution >= 0.6 is 11.6 Å². The smallest absolute Gasteiger partial charge is 0.273 e. The molecule has 0 aliphatic rings. The van der Waals surface area contributed by atoms with E-state index >= 15 is 0 Å². The summed E-state index contributed by atoms with van der Waals surface area (Å²) in [6.45, 7) is 0. The number of hydrogen-bond acceptors (Lipinski definition) is 3. The molecule has 0 saturated heterocycles. The topological polar surface area (TPSA) is 47.8 Å². The minimum atomic E-state index is -0.332. The maximum Gasteiger partial charge on any atom is 0.293 e. The van der Waals surface area contributed by atoms with Crippen molar-refractivity contribution in [2.24, 2.45) is 0 Å². The highest BCUT2D eigenvalue weighted by Gasteiger charge is 2.10. The Morgan fingerprint density at radius 3 is 2.67 bits per heavy atom. The fourth-order valence-electron chi connectivity index (χ4n) is 1.84. The SMILES string of the molecule is O=c1c(Cl)nc2cnccc2n1-c1ccccc1. The van der Waals surface area contributed by atoms with E-state index in [2.05, 4.69) is 9.97 Å². The molecule has 0 saturated carbocycles. The molecular formula is C13H8ClN3O. The number of halogens is 1. The number of para-hydroxylation sites is 1. The Balaban J connectivity index is 2.47. The van der Waals surface area contributed by atoms with Crippen molar-refractivity contribution in [3.8, 4) is 5.69 Å². The number of aromatic nitrogens is 3. The first-order valence-corrected chi connectivity index (χ1v) is 5.73. The maximum atomic E-state index is 12.1. The van der Waals surface area contributed by atoms with Gasteiger partial charge in [0.15, 0.2) is 5.15 Å². The van der Waals surface area contributed by atoms with Gasteiger partial charge in [0.05, 0.1) is 11.7 Å². The van der Waals surface area contributed by atoms with Gasteiger partial charge in [-0.1, -0.05) is 29.8 Å². The first-order valence-electron chi connectivity index (χ1n) is 5.35. The number of benzene rings is 1. The summed E-state index contributed by atoms with van der Waals surface area (Å²) in [7, 11) is 0. The molecule has 0 spiro atoms. The van der Waals surface area contributed by atoms with Crippen LogP contribution in [0.4, 0.5) is 0 Å². The highest BCUT2D eigenvalue weighted by Crippen LogP contribution is 2.15. The summed E-state index contributed by atoms with van der Waals surface area (Å²) in [4.78, 5) is 20.1. The third-order valence-electron chi connectivity index (χ3n) is 2.63. The van der Waals surface area contributed by atoms with E-state index < -0.39 is 0 Å². The van der Waals surface area contributed by atoms with E-state index in [1.165, 1.54) is 4.57 Å². The van der Waals surface area contributed by atoms with Gasteiger partial charge < -0.3 is 0 Å². The van der Waals surface area contributed by atoms with Gasteiger partial charge in [-0.15, -0.1) is 0 Å². The van der Waals surface area contributed by atoms with Gasteiger partial charge in [0.2, 0.25) is 0 Å². The fraction of sp³-hybridized carbons (Fsp3) is 0. The monoisotopic (exact) mass is 257 g/mol. The molecule has 0 atom stereocenters. The minimum Gasteiger partial charge on any atom is -0.273 e. The molecule has 2 aromatic heterocycles. The largest absolute Gasteiger partial charge is 0.293 e. The Morgan fingerprint density at radius 1 is 1.11 bits per heavy atom. The normalized spacial score (nSPS) is 10.7. The van der Waals surface area contributed by atoms with Gasteiger partial charge in [0, 0.05) is 11.9 Å². The molecule has 0 unspecified atom stereocenters. The first-order chi connectivity index (χ1) is 8.77. The second kappa shape index (κ2) is 4.23. The molecule has 88 valence electrons. The zero-order valence-electron chi connectivity index (χ0n) is 9.25. The molecule has 0 aliphatic heterocycles. The Bertz CT molecular complexity index is 768. The molecule has 2 heterocycles. The molecular weight excluding hydrogens is 250 g/mol. The van der Waals surface area contributed by atoms with Crippen LogP contribution in [0.2, 0.25) is 5.15 Å². The summed E-state index contributed by atoms with van der Waals surface area (Å²) in [6.07, 6.45) is 3.21. The number of rotatable bonds is 1. The molecule has 0 radical (unpaired) electrons. The third-order valence-corrected chi connectivity index (χ3v) is 2.88. The summed E-state index contributed by atoms with van der Waals surface area (Å²) < 4.78 is 1.53. The van der Waals surface area contributed by atoms with Gasteiger partial charge in [0.1, 0.15) is 5.52 Å². The molecule has 0 N–H and O–H groups in total. The Kier molecular flexibility index (Phi) is 2.57. The Labute approximate surface area is 108 Å². The van der Waals surface area contributed by atoms with Crippen molar-refractivity contribution >= 4 is 22.6 Å². The zero-order valence-corrected chi connectivity index (χ0v) is 10.0. The lowest BCUT2D eigenvalue weighted by atomic mass is 10.3. The molecule has 3 rings (SSSR count). The average Bonchev–Trinajstić information content (AvgIpc) is 2.41. The van der Waals surface area contributed by atoms with E-state index in [9.17, 15) is 4.79 Å². The average molecular weight is 258 g/mol. The summed E-state index contributed by atoms with van der Waals surface area (Å²) in [5.41, 5.74) is 1.70. The standard InChI is InChI=1S/C13H8ClN3O/c14-12-13(18)17(9-4-2-1-3-5-9)11-6-7-15-8-10(11)16-12/h1-8H. The van der Waals surface area contributed by atoms with E-state index in [1.54, 1.807) is 18.5 Å². The zero-order chi connectivity index (χ0) is 12.5. The van der Waals surface area contributed by atoms with Crippen LogP contribution in [0.15, 0.2) is 53.6 Å². The molecule has 4 nitrogen and oxygen atoms in total. The highest BCUT2D eigenvalue weighted by molar-refractivity contribution is 6.29. The van der Waals surface area contributed by atoms with Crippen molar-refractivity contribution < 1.29 is 0 Å². The Hall–Kier alpha value is -2.20. The van der Waals surface area contributed by atoms with Crippen LogP contribution in [0.25, 0.3) is 16.7 Å². The Morgan fingerprint density at radius 2 is 1.89 bits per heavy atom. The second-order valence-electron chi connectivity index (χ2n) is 3.74. The van der Waals surface area contributed by atoms with Gasteiger partial charge >= 0.3 is 0 Å². The van der Waals surface area contributed by atoms with E-state index in [1.807, 2.05) is 30.3 Å². The first kappa shape index (κ1) is 10.9. The van der Waals surface area contributed by atoms with Crippen molar-refractivity contribution in [3.63, 3.8) is 0 Å². The number of nitrogens with zero attached hydrogens (tertiary/aromatic N) is 3. The third kappa shape index (κ3) is 1.67. The molecule has 3 aromatic rings. The van der Waals surface area contributed by atoms with Gasteiger partial charge in [-0.05, 0) is 18.2 Å². The van der Waals surface area contributed by atoms with Crippen LogP contribution in [0, 0.1) is 0 Å². The van der Waals surface area contributed by atoms with Crippen LogP contribution in [-0.2, 0) is 0 Å². The van der Waals surface area contributed by atoms with Crippen LogP contribution in [0.3, 0.4) is 0 Å². The summed E-state index contributed by atoms with van der Waals surface area (Å²) in [5, 5.41) is -0.0562. The second-order valence-corrected chi connectivity index (χ2v) is 4.10. The molecule has 18 heavy (non-hydrogen) atoms. The van der Waals surface area contributed by atoms with E-state index in [4.69, 9.17) is 11.6 Å². The lowest BCUT2D eigenvalue weighted by molar-refractivity contribution is 1.01. The fourth-order valence-corrected chi connectivity index (χ4v) is 2.02. The van der Waals surface area contributed by atoms with Crippen molar-refractivity contribution in [3.05, 3.63) is 64.3 Å². The lowest BCUT2D eigenvalue weighted by Crippen LogP contribution is -2.20. The molecule has 0 fully saturated rings. The van der Waals surface area contributed by atoms with Crippen molar-refractivity contribution in [2.75, 3.05) is 0 Å². The van der Waals surface area contributed by atoms with Gasteiger partial charge in [-0.25, -0.2) is 4.98 Å². The molecule has 5 heteroatoms. The van der Waals surface area contributed by atoms with Crippen LogP contribution in [0.5, 0.6) is 0 Å². The molecule has 0 bridgehead atoms. The predicted octanol–water partition coefficient (Wildman–Crippen LogP) is 2.43. The number of hydrogen-bond donors (Lipinski definition) is 0. The van der Waals surface area contributed by atoms with Crippen molar-refractivity contribution in [2.45, 2.75) is 0 Å². The van der Waals surface area contributed by atoms with E-state index in [0.29, 0.717) is 11.0 Å². The van der Waals surface area contributed by atoms with Gasteiger partial charge in [0.25, 0.3) is 5.56 Å². The van der Waals surface area contributed by atoms with Crippen molar-refractivity contribution in [1.82, 2.24) is 14.5 Å². The van der Waals surface area contributed by atoms with E-state index in [-0.39, 0.29) is 10.7 Å². The lowest BCUT2D eigenvalue weighted by Gasteiger charge is -2.09. The van der Waals surface area contributed by atoms with Gasteiger partial charge in [-0.2, -0.15) is 0 Å². The number of pyridine rings is 1. The summed E-state index contributed by atoms with van der Waals surface area (Å²) in [5.74, 6) is 0. The van der Waals surface area contributed by atoms with Crippen LogP contribution in [-0.4, -0.2) is 14.5 Å². The van der Waals surface area contributed by atoms with Crippen LogP contribution in [0.1, 0.15) is 0 Å².